The Kier molecular flexibility index (Phi) is 3.81. The molecule has 0 saturated carbocycles. The molecule has 102 valence electrons. The number of Topliss-reactive ketones (excluding diaryl/α,β-unsaturated/α-hetero) is 1. The minimum atomic E-state index is 0.228. The number of hydrogen-bond donors (Lipinski definition) is 0. The Labute approximate surface area is 130 Å². The van der Waals surface area contributed by atoms with Gasteiger partial charge < -0.3 is 4.74 Å². The van der Waals surface area contributed by atoms with Gasteiger partial charge in [-0.1, -0.05) is 17.7 Å². The van der Waals surface area contributed by atoms with E-state index >= 15 is 0 Å². The summed E-state index contributed by atoms with van der Waals surface area (Å²) in [6, 6.07) is 11.4. The van der Waals surface area contributed by atoms with Gasteiger partial charge in [0.15, 0.2) is 5.78 Å². The van der Waals surface area contributed by atoms with Crippen molar-refractivity contribution in [3.8, 4) is 5.75 Å². The standard InChI is InChI=1S/C16H12BrClO2/c17-14-5-1-10(7-15(14)18)9-20-12-3-4-13-11(8-12)2-6-16(13)19/h1,3-5,7-8H,2,6,9H2. The van der Waals surface area contributed by atoms with Gasteiger partial charge in [0.25, 0.3) is 0 Å². The number of halogens is 2. The molecule has 0 amide bonds. The average Bonchev–Trinajstić information content (AvgIpc) is 2.81. The van der Waals surface area contributed by atoms with E-state index in [2.05, 4.69) is 15.9 Å². The topological polar surface area (TPSA) is 26.3 Å². The van der Waals surface area contributed by atoms with Crippen molar-refractivity contribution in [3.63, 3.8) is 0 Å². The third-order valence-corrected chi connectivity index (χ3v) is 4.62. The number of aryl methyl sites for hydroxylation is 1. The Morgan fingerprint density at radius 3 is 2.80 bits per heavy atom. The van der Waals surface area contributed by atoms with E-state index in [4.69, 9.17) is 16.3 Å². The third-order valence-electron chi connectivity index (χ3n) is 3.39. The molecule has 3 rings (SSSR count). The van der Waals surface area contributed by atoms with Gasteiger partial charge in [-0.15, -0.1) is 0 Å². The Morgan fingerprint density at radius 2 is 2.00 bits per heavy atom. The molecule has 0 N–H and O–H groups in total. The number of carbonyl (C=O) groups is 1. The van der Waals surface area contributed by atoms with Crippen molar-refractivity contribution in [2.75, 3.05) is 0 Å². The molecule has 0 spiro atoms. The van der Waals surface area contributed by atoms with Crippen LogP contribution in [-0.4, -0.2) is 5.78 Å². The fourth-order valence-corrected chi connectivity index (χ4v) is 2.77. The molecule has 0 unspecified atom stereocenters. The fraction of sp³-hybridized carbons (Fsp3) is 0.188. The first kappa shape index (κ1) is 13.7. The molecule has 0 bridgehead atoms. The molecule has 0 atom stereocenters. The van der Waals surface area contributed by atoms with Gasteiger partial charge in [-0.05, 0) is 63.8 Å². The second-order valence-corrected chi connectivity index (χ2v) is 6.04. The Hall–Kier alpha value is -1.32. The summed E-state index contributed by atoms with van der Waals surface area (Å²) in [7, 11) is 0. The third kappa shape index (κ3) is 2.74. The molecule has 1 aliphatic rings. The van der Waals surface area contributed by atoms with E-state index in [0.29, 0.717) is 18.1 Å². The van der Waals surface area contributed by atoms with E-state index in [1.807, 2.05) is 36.4 Å². The largest absolute Gasteiger partial charge is 0.489 e. The molecule has 0 saturated heterocycles. The molecule has 2 aromatic rings. The number of ether oxygens (including phenoxy) is 1. The maximum Gasteiger partial charge on any atom is 0.163 e. The summed E-state index contributed by atoms with van der Waals surface area (Å²) < 4.78 is 6.64. The molecular weight excluding hydrogens is 340 g/mol. The van der Waals surface area contributed by atoms with Crippen LogP contribution in [0.2, 0.25) is 5.02 Å². The number of benzene rings is 2. The van der Waals surface area contributed by atoms with Crippen LogP contribution in [0.15, 0.2) is 40.9 Å². The molecule has 20 heavy (non-hydrogen) atoms. The second-order valence-electron chi connectivity index (χ2n) is 4.78. The van der Waals surface area contributed by atoms with E-state index in [1.165, 1.54) is 0 Å². The summed E-state index contributed by atoms with van der Waals surface area (Å²) in [4.78, 5) is 11.6. The first-order valence-electron chi connectivity index (χ1n) is 6.36. The first-order valence-corrected chi connectivity index (χ1v) is 7.53. The predicted octanol–water partition coefficient (Wildman–Crippen LogP) is 4.81. The van der Waals surface area contributed by atoms with E-state index < -0.39 is 0 Å². The lowest BCUT2D eigenvalue weighted by Gasteiger charge is -2.08. The van der Waals surface area contributed by atoms with E-state index in [0.717, 1.165) is 33.3 Å². The highest BCUT2D eigenvalue weighted by Crippen LogP contribution is 2.27. The molecular formula is C16H12BrClO2. The normalized spacial score (nSPS) is 13.4. The lowest BCUT2D eigenvalue weighted by molar-refractivity contribution is 0.0994. The van der Waals surface area contributed by atoms with Crippen molar-refractivity contribution in [3.05, 3.63) is 62.6 Å². The van der Waals surface area contributed by atoms with Crippen molar-refractivity contribution in [1.82, 2.24) is 0 Å². The van der Waals surface area contributed by atoms with Crippen LogP contribution in [0.25, 0.3) is 0 Å². The molecule has 1 aliphatic carbocycles. The molecule has 0 aromatic heterocycles. The van der Waals surface area contributed by atoms with Crippen LogP contribution in [0, 0.1) is 0 Å². The van der Waals surface area contributed by atoms with E-state index in [-0.39, 0.29) is 5.78 Å². The molecule has 4 heteroatoms. The zero-order valence-corrected chi connectivity index (χ0v) is 13.0. The van der Waals surface area contributed by atoms with Crippen LogP contribution in [0.1, 0.15) is 27.9 Å². The van der Waals surface area contributed by atoms with E-state index in [9.17, 15) is 4.79 Å². The summed E-state index contributed by atoms with van der Waals surface area (Å²) in [5.74, 6) is 1.02. The maximum absolute atomic E-state index is 11.6. The average molecular weight is 352 g/mol. The van der Waals surface area contributed by atoms with E-state index in [1.54, 1.807) is 0 Å². The highest BCUT2D eigenvalue weighted by Gasteiger charge is 2.19. The summed E-state index contributed by atoms with van der Waals surface area (Å²) in [5, 5.41) is 0.672. The first-order chi connectivity index (χ1) is 9.63. The Balaban J connectivity index is 1.72. The van der Waals surface area contributed by atoms with Gasteiger partial charge in [0.2, 0.25) is 0 Å². The van der Waals surface area contributed by atoms with Gasteiger partial charge in [0.05, 0.1) is 5.02 Å². The number of carbonyl (C=O) groups excluding carboxylic acids is 1. The monoisotopic (exact) mass is 350 g/mol. The van der Waals surface area contributed by atoms with Crippen molar-refractivity contribution in [2.45, 2.75) is 19.4 Å². The summed E-state index contributed by atoms with van der Waals surface area (Å²) >= 11 is 9.41. The van der Waals surface area contributed by atoms with Gasteiger partial charge in [-0.25, -0.2) is 0 Å². The van der Waals surface area contributed by atoms with Crippen LogP contribution >= 0.6 is 27.5 Å². The van der Waals surface area contributed by atoms with Crippen molar-refractivity contribution in [2.24, 2.45) is 0 Å². The molecule has 2 aromatic carbocycles. The summed E-state index contributed by atoms with van der Waals surface area (Å²) in [6.45, 7) is 0.458. The van der Waals surface area contributed by atoms with Gasteiger partial charge in [0, 0.05) is 16.5 Å². The quantitative estimate of drug-likeness (QED) is 0.793. The highest BCUT2D eigenvalue weighted by molar-refractivity contribution is 9.10. The van der Waals surface area contributed by atoms with Gasteiger partial charge in [-0.2, -0.15) is 0 Å². The molecule has 0 fully saturated rings. The fourth-order valence-electron chi connectivity index (χ4n) is 2.32. The number of rotatable bonds is 3. The Morgan fingerprint density at radius 1 is 1.15 bits per heavy atom. The van der Waals surface area contributed by atoms with Crippen LogP contribution in [0.5, 0.6) is 5.75 Å². The minimum absolute atomic E-state index is 0.228. The summed E-state index contributed by atoms with van der Waals surface area (Å²) in [5.41, 5.74) is 2.93. The minimum Gasteiger partial charge on any atom is -0.489 e. The van der Waals surface area contributed by atoms with Gasteiger partial charge >= 0.3 is 0 Å². The number of fused-ring (bicyclic) bond motifs is 1. The predicted molar refractivity (Wildman–Crippen MR) is 82.6 cm³/mol. The highest BCUT2D eigenvalue weighted by atomic mass is 79.9. The van der Waals surface area contributed by atoms with Gasteiger partial charge in [-0.3, -0.25) is 4.79 Å². The molecule has 0 radical (unpaired) electrons. The summed E-state index contributed by atoms with van der Waals surface area (Å²) in [6.07, 6.45) is 1.43. The molecule has 0 aliphatic heterocycles. The van der Waals surface area contributed by atoms with Crippen LogP contribution in [0.4, 0.5) is 0 Å². The van der Waals surface area contributed by atoms with Crippen LogP contribution in [0.3, 0.4) is 0 Å². The smallest absolute Gasteiger partial charge is 0.163 e. The second kappa shape index (κ2) is 5.58. The molecule has 2 nitrogen and oxygen atoms in total. The van der Waals surface area contributed by atoms with Gasteiger partial charge in [0.1, 0.15) is 12.4 Å². The zero-order valence-electron chi connectivity index (χ0n) is 10.7. The SMILES string of the molecule is O=C1CCc2cc(OCc3ccc(Br)c(Cl)c3)ccc21. The van der Waals surface area contributed by atoms with Crippen molar-refractivity contribution < 1.29 is 9.53 Å². The lowest BCUT2D eigenvalue weighted by atomic mass is 10.1. The molecule has 0 heterocycles. The number of ketones is 1. The lowest BCUT2D eigenvalue weighted by Crippen LogP contribution is -1.97. The van der Waals surface area contributed by atoms with Crippen LogP contribution < -0.4 is 4.74 Å². The van der Waals surface area contributed by atoms with Crippen LogP contribution in [-0.2, 0) is 13.0 Å². The van der Waals surface area contributed by atoms with Crippen molar-refractivity contribution in [1.29, 1.82) is 0 Å². The van der Waals surface area contributed by atoms with Crippen molar-refractivity contribution >= 4 is 33.3 Å². The maximum atomic E-state index is 11.6. The Bertz CT molecular complexity index is 682. The zero-order chi connectivity index (χ0) is 14.1. The number of hydrogen-bond acceptors (Lipinski definition) is 2.